The van der Waals surface area contributed by atoms with Gasteiger partial charge in [0.05, 0.1) is 12.2 Å². The van der Waals surface area contributed by atoms with Crippen molar-refractivity contribution in [3.8, 4) is 0 Å². The molecule has 13 rings (SSSR count). The molecule has 16 bridgehead atoms. The first-order chi connectivity index (χ1) is 30.9. The first-order valence-corrected chi connectivity index (χ1v) is 27.2. The Balaban J connectivity index is 0.857. The molecule has 13 fully saturated rings. The number of amides is 2. The van der Waals surface area contributed by atoms with Crippen LogP contribution < -0.4 is 10.6 Å². The van der Waals surface area contributed by atoms with E-state index in [-0.39, 0.29) is 82.9 Å². The Bertz CT molecular complexity index is 1650. The number of nitrogens with one attached hydrogen (secondary N) is 2. The summed E-state index contributed by atoms with van der Waals surface area (Å²) in [6.07, 6.45) is 19.6. The third-order valence-corrected chi connectivity index (χ3v) is 22.6. The van der Waals surface area contributed by atoms with E-state index in [0.29, 0.717) is 103 Å². The van der Waals surface area contributed by atoms with E-state index in [2.05, 4.69) is 52.2 Å². The fourth-order valence-electron chi connectivity index (χ4n) is 19.2. The average molecular weight is 905 g/mol. The molecular formula is C55H88N2O8. The first-order valence-electron chi connectivity index (χ1n) is 27.2. The summed E-state index contributed by atoms with van der Waals surface area (Å²) in [6, 6.07) is 0.232. The zero-order valence-corrected chi connectivity index (χ0v) is 41.3. The molecule has 2 amide bonds. The molecule has 13 aliphatic rings. The molecule has 0 aromatic carbocycles. The summed E-state index contributed by atoms with van der Waals surface area (Å²) in [4.78, 5) is 52.7. The highest BCUT2D eigenvalue weighted by molar-refractivity contribution is 5.79. The van der Waals surface area contributed by atoms with Gasteiger partial charge >= 0.3 is 11.9 Å². The highest BCUT2D eigenvalue weighted by atomic mass is 16.6. The first kappa shape index (κ1) is 47.8. The van der Waals surface area contributed by atoms with Crippen molar-refractivity contribution < 1.29 is 38.9 Å². The van der Waals surface area contributed by atoms with Gasteiger partial charge in [0, 0.05) is 37.8 Å². The fraction of sp³-hybridized carbons (Fsp3) is 0.927. The molecule has 5 saturated heterocycles. The predicted molar refractivity (Wildman–Crippen MR) is 250 cm³/mol. The second-order valence-electron chi connectivity index (χ2n) is 25.5. The van der Waals surface area contributed by atoms with Crippen molar-refractivity contribution in [3.63, 3.8) is 0 Å². The van der Waals surface area contributed by atoms with Gasteiger partial charge in [0.15, 0.2) is 0 Å². The van der Waals surface area contributed by atoms with Crippen molar-refractivity contribution in [2.45, 2.75) is 214 Å². The largest absolute Gasteiger partial charge is 0.462 e. The number of hydrogen-bond acceptors (Lipinski definition) is 8. The molecule has 0 aromatic rings. The van der Waals surface area contributed by atoms with E-state index in [4.69, 9.17) is 9.47 Å². The molecule has 5 aliphatic heterocycles. The summed E-state index contributed by atoms with van der Waals surface area (Å²) >= 11 is 0. The molecule has 0 aromatic heterocycles. The standard InChI is InChI=1S/C55H88N2O8/c1-32-10-16-48(62)64-26-27-65-49(63)17-11-33(2)39-13-15-41-51-43(21-25-55(39,41)6)53(4)23-19-37(29-35(53)31-45(51)59)57-47(61)9-7-8-46(60)56-36-18-22-52(3)34(28-36)30-44(58)50-40-14-12-38(32)54(40,5)24-20-42(50)52/h32-45,50-51,58-59H,7-31H2,1-6H3,(H,56,60)(H,57,61)/t32-,33-,34?,35?,36+,37+,38+,39?,40-,41-,42-,43-,44-,45-,50-,51-,52-,53-,54+,55+/m0/s1. The van der Waals surface area contributed by atoms with Crippen molar-refractivity contribution in [1.29, 1.82) is 0 Å². The van der Waals surface area contributed by atoms with Crippen molar-refractivity contribution in [2.24, 2.45) is 92.7 Å². The molecule has 8 saturated carbocycles. The molecule has 10 nitrogen and oxygen atoms in total. The molecule has 20 atom stereocenters. The maximum absolute atomic E-state index is 13.4. The summed E-state index contributed by atoms with van der Waals surface area (Å²) in [6.45, 7) is 14.8. The number of aliphatic hydroxyl groups is 2. The quantitative estimate of drug-likeness (QED) is 0.176. The molecule has 366 valence electrons. The van der Waals surface area contributed by atoms with Crippen LogP contribution in [0.2, 0.25) is 0 Å². The van der Waals surface area contributed by atoms with E-state index in [0.717, 1.165) is 116 Å². The van der Waals surface area contributed by atoms with Crippen LogP contribution in [0.25, 0.3) is 0 Å². The average Bonchev–Trinajstić information content (AvgIpc) is 3.81. The van der Waals surface area contributed by atoms with Gasteiger partial charge in [-0.25, -0.2) is 0 Å². The van der Waals surface area contributed by atoms with Gasteiger partial charge in [0.1, 0.15) is 13.2 Å². The minimum atomic E-state index is -0.329. The summed E-state index contributed by atoms with van der Waals surface area (Å²) in [7, 11) is 0. The molecular weight excluding hydrogens is 817 g/mol. The van der Waals surface area contributed by atoms with Crippen molar-refractivity contribution in [1.82, 2.24) is 10.6 Å². The van der Waals surface area contributed by atoms with Gasteiger partial charge in [0.25, 0.3) is 0 Å². The number of carbonyl (C=O) groups is 4. The summed E-state index contributed by atoms with van der Waals surface area (Å²) in [5.74, 6) is 4.71. The number of ether oxygens (including phenoxy) is 2. The fourth-order valence-corrected chi connectivity index (χ4v) is 19.2. The number of hydrogen-bond donors (Lipinski definition) is 4. The monoisotopic (exact) mass is 905 g/mol. The Morgan fingerprint density at radius 1 is 0.462 bits per heavy atom. The van der Waals surface area contributed by atoms with E-state index >= 15 is 0 Å². The normalized spacial score (nSPS) is 51.3. The molecule has 8 aliphatic carbocycles. The van der Waals surface area contributed by atoms with Crippen LogP contribution in [0.1, 0.15) is 189 Å². The second kappa shape index (κ2) is 18.6. The van der Waals surface area contributed by atoms with Crippen LogP contribution in [0.4, 0.5) is 0 Å². The van der Waals surface area contributed by atoms with Crippen molar-refractivity contribution >= 4 is 23.8 Å². The lowest BCUT2D eigenvalue weighted by atomic mass is 9.43. The number of aliphatic hydroxyl groups excluding tert-OH is 2. The lowest BCUT2D eigenvalue weighted by Gasteiger charge is -2.62. The highest BCUT2D eigenvalue weighted by Gasteiger charge is 2.65. The molecule has 3 unspecified atom stereocenters. The molecule has 65 heavy (non-hydrogen) atoms. The summed E-state index contributed by atoms with van der Waals surface area (Å²) < 4.78 is 11.2. The van der Waals surface area contributed by atoms with E-state index < -0.39 is 0 Å². The van der Waals surface area contributed by atoms with Crippen molar-refractivity contribution in [2.75, 3.05) is 13.2 Å². The van der Waals surface area contributed by atoms with Gasteiger partial charge in [0.2, 0.25) is 11.8 Å². The second-order valence-corrected chi connectivity index (χ2v) is 25.5. The maximum atomic E-state index is 13.4. The smallest absolute Gasteiger partial charge is 0.305 e. The molecule has 5 heterocycles. The maximum Gasteiger partial charge on any atom is 0.305 e. The molecule has 0 spiro atoms. The Kier molecular flexibility index (Phi) is 13.7. The third kappa shape index (κ3) is 8.76. The van der Waals surface area contributed by atoms with E-state index in [1.807, 2.05) is 0 Å². The Morgan fingerprint density at radius 3 is 1.25 bits per heavy atom. The minimum Gasteiger partial charge on any atom is -0.462 e. The predicted octanol–water partition coefficient (Wildman–Crippen LogP) is 9.32. The highest BCUT2D eigenvalue weighted by Crippen LogP contribution is 2.70. The lowest BCUT2D eigenvalue weighted by molar-refractivity contribution is -0.167. The van der Waals surface area contributed by atoms with Gasteiger partial charge in [-0.15, -0.1) is 0 Å². The topological polar surface area (TPSA) is 151 Å². The molecule has 10 heteroatoms. The number of rotatable bonds is 0. The Hall–Kier alpha value is -2.20. The van der Waals surface area contributed by atoms with Gasteiger partial charge in [-0.2, -0.15) is 0 Å². The van der Waals surface area contributed by atoms with Crippen LogP contribution in [0.15, 0.2) is 0 Å². The van der Waals surface area contributed by atoms with Crippen LogP contribution in [-0.2, 0) is 28.7 Å². The van der Waals surface area contributed by atoms with Gasteiger partial charge in [-0.3, -0.25) is 19.2 Å². The van der Waals surface area contributed by atoms with Crippen LogP contribution in [-0.4, -0.2) is 71.5 Å². The third-order valence-electron chi connectivity index (χ3n) is 22.6. The van der Waals surface area contributed by atoms with E-state index in [9.17, 15) is 29.4 Å². The van der Waals surface area contributed by atoms with Gasteiger partial charge in [-0.05, 0) is 215 Å². The Morgan fingerprint density at radius 2 is 0.831 bits per heavy atom. The van der Waals surface area contributed by atoms with Crippen LogP contribution in [0.3, 0.4) is 0 Å². The molecule has 4 N–H and O–H groups in total. The zero-order chi connectivity index (χ0) is 46.1. The van der Waals surface area contributed by atoms with E-state index in [1.165, 1.54) is 0 Å². The number of esters is 2. The molecule has 0 radical (unpaired) electrons. The summed E-state index contributed by atoms with van der Waals surface area (Å²) in [5.41, 5.74) is 0.609. The van der Waals surface area contributed by atoms with Crippen LogP contribution >= 0.6 is 0 Å². The van der Waals surface area contributed by atoms with Gasteiger partial charge < -0.3 is 30.3 Å². The Labute approximate surface area is 391 Å². The lowest BCUT2D eigenvalue weighted by Crippen LogP contribution is -2.59. The number of carbonyl (C=O) groups excluding carboxylic acids is 4. The van der Waals surface area contributed by atoms with Crippen molar-refractivity contribution in [3.05, 3.63) is 0 Å². The SMILES string of the molecule is C[C@H]1CCC(=O)OCCOC(=O)CC[C@H](C)[C@H]2CC[C@H]3[C@@H]4[C@@H](O)CC5C[C@@H](CC[C@]5(C)[C@H]4CC[C@]23C)NC(=O)CCCC(=O)N[C@@H]2CC[C@@]3(C)C(C2)C[C@H](O)[C@@H]2[C@@H]3CC[C@]3(C)C1CC[C@@H]23. The van der Waals surface area contributed by atoms with E-state index in [1.54, 1.807) is 0 Å². The zero-order valence-electron chi connectivity index (χ0n) is 41.3. The van der Waals surface area contributed by atoms with Gasteiger partial charge in [-0.1, -0.05) is 41.5 Å². The van der Waals surface area contributed by atoms with Crippen LogP contribution in [0.5, 0.6) is 0 Å². The summed E-state index contributed by atoms with van der Waals surface area (Å²) in [5, 5.41) is 30.7. The van der Waals surface area contributed by atoms with Crippen LogP contribution in [0, 0.1) is 92.7 Å². The minimum absolute atomic E-state index is 0.0436.